The highest BCUT2D eigenvalue weighted by molar-refractivity contribution is 7.92. The number of amides is 2. The van der Waals surface area contributed by atoms with E-state index in [-0.39, 0.29) is 18.9 Å². The van der Waals surface area contributed by atoms with Gasteiger partial charge in [-0.1, -0.05) is 0 Å². The molecule has 0 aromatic heterocycles. The molecule has 1 saturated heterocycles. The predicted octanol–water partition coefficient (Wildman–Crippen LogP) is 2.33. The molecule has 0 radical (unpaired) electrons. The zero-order valence-corrected chi connectivity index (χ0v) is 20.9. The van der Waals surface area contributed by atoms with Gasteiger partial charge in [0, 0.05) is 6.54 Å². The van der Waals surface area contributed by atoms with E-state index in [1.165, 1.54) is 0 Å². The molecule has 39 heavy (non-hydrogen) atoms. The van der Waals surface area contributed by atoms with Crippen molar-refractivity contribution in [3.8, 4) is 11.8 Å². The van der Waals surface area contributed by atoms with Crippen molar-refractivity contribution in [3.05, 3.63) is 23.8 Å². The van der Waals surface area contributed by atoms with E-state index in [4.69, 9.17) is 0 Å². The van der Waals surface area contributed by atoms with Crippen LogP contribution < -0.4 is 10.1 Å². The molecule has 0 bridgehead atoms. The van der Waals surface area contributed by atoms with Gasteiger partial charge in [-0.25, -0.2) is 8.42 Å². The van der Waals surface area contributed by atoms with Crippen LogP contribution >= 0.6 is 0 Å². The van der Waals surface area contributed by atoms with Crippen LogP contribution in [-0.2, 0) is 25.6 Å². The molecule has 2 saturated carbocycles. The highest BCUT2D eigenvalue weighted by atomic mass is 32.2. The minimum atomic E-state index is -5.30. The monoisotopic (exact) mass is 583 g/mol. The standard InChI is InChI=1S/C23H23F6N3O6S/c24-22(25,26)12-38-13-1-2-17(15(7-13)23(27,28)29)39(36,37)14-8-16(18(34)31-21(10-30)5-6-21)32(9-14)19(35)20(11-33)3-4-20/h1-2,7,14,16,33H,3-6,8-9,11-12H2,(H,31,34). The van der Waals surface area contributed by atoms with E-state index >= 15 is 0 Å². The Balaban J connectivity index is 1.67. The lowest BCUT2D eigenvalue weighted by molar-refractivity contribution is -0.153. The van der Waals surface area contributed by atoms with Gasteiger partial charge in [0.2, 0.25) is 11.8 Å². The quantitative estimate of drug-likeness (QED) is 0.449. The van der Waals surface area contributed by atoms with Crippen molar-refractivity contribution >= 4 is 21.7 Å². The van der Waals surface area contributed by atoms with Gasteiger partial charge in [0.15, 0.2) is 16.4 Å². The molecule has 2 aliphatic carbocycles. The molecular weight excluding hydrogens is 560 g/mol. The first-order valence-electron chi connectivity index (χ1n) is 11.8. The zero-order chi connectivity index (χ0) is 29.0. The fourth-order valence-corrected chi connectivity index (χ4v) is 6.40. The number of aliphatic hydroxyl groups is 1. The average molecular weight is 584 g/mol. The number of nitriles is 1. The molecule has 16 heteroatoms. The van der Waals surface area contributed by atoms with Gasteiger partial charge >= 0.3 is 12.4 Å². The van der Waals surface area contributed by atoms with Gasteiger partial charge in [-0.05, 0) is 50.3 Å². The Morgan fingerprint density at radius 2 is 1.79 bits per heavy atom. The number of carbonyl (C=O) groups excluding carboxylic acids is 2. The van der Waals surface area contributed by atoms with Crippen molar-refractivity contribution in [1.29, 1.82) is 5.26 Å². The Hall–Kier alpha value is -3.06. The topological polar surface area (TPSA) is 137 Å². The Kier molecular flexibility index (Phi) is 7.08. The maximum absolute atomic E-state index is 13.8. The molecule has 3 aliphatic rings. The lowest BCUT2D eigenvalue weighted by atomic mass is 10.1. The van der Waals surface area contributed by atoms with E-state index in [0.29, 0.717) is 25.0 Å². The molecule has 2 atom stereocenters. The molecule has 1 aromatic carbocycles. The van der Waals surface area contributed by atoms with Crippen molar-refractivity contribution in [2.75, 3.05) is 19.8 Å². The Labute approximate surface area is 218 Å². The van der Waals surface area contributed by atoms with E-state index in [1.807, 2.05) is 6.07 Å². The molecule has 2 N–H and O–H groups in total. The Morgan fingerprint density at radius 3 is 2.28 bits per heavy atom. The van der Waals surface area contributed by atoms with E-state index in [2.05, 4.69) is 10.1 Å². The first-order valence-corrected chi connectivity index (χ1v) is 13.3. The number of alkyl halides is 6. The summed E-state index contributed by atoms with van der Waals surface area (Å²) in [6.45, 7) is -3.14. The Morgan fingerprint density at radius 1 is 1.15 bits per heavy atom. The smallest absolute Gasteiger partial charge is 0.422 e. The first-order chi connectivity index (χ1) is 18.0. The number of ether oxygens (including phenoxy) is 1. The fourth-order valence-electron chi connectivity index (χ4n) is 4.51. The summed E-state index contributed by atoms with van der Waals surface area (Å²) in [5, 5.41) is 19.8. The minimum Gasteiger partial charge on any atom is -0.484 e. The number of nitrogens with one attached hydrogen (secondary N) is 1. The maximum atomic E-state index is 13.8. The normalized spacial score (nSPS) is 23.6. The van der Waals surface area contributed by atoms with E-state index in [0.717, 1.165) is 4.90 Å². The molecule has 1 heterocycles. The summed E-state index contributed by atoms with van der Waals surface area (Å²) < 4.78 is 110. The molecular formula is C23H23F6N3O6S. The number of nitrogens with zero attached hydrogens (tertiary/aromatic N) is 2. The number of benzene rings is 1. The molecule has 4 rings (SSSR count). The van der Waals surface area contributed by atoms with Gasteiger partial charge < -0.3 is 20.1 Å². The van der Waals surface area contributed by atoms with Crippen LogP contribution in [-0.4, -0.2) is 73.0 Å². The second-order valence-corrected chi connectivity index (χ2v) is 12.3. The fraction of sp³-hybridized carbons (Fsp3) is 0.609. The lowest BCUT2D eigenvalue weighted by Gasteiger charge is -2.28. The van der Waals surface area contributed by atoms with E-state index < -0.39 is 98.6 Å². The summed E-state index contributed by atoms with van der Waals surface area (Å²) in [6, 6.07) is 1.77. The lowest BCUT2D eigenvalue weighted by Crippen LogP contribution is -2.51. The van der Waals surface area contributed by atoms with Crippen LogP contribution in [0.3, 0.4) is 0 Å². The largest absolute Gasteiger partial charge is 0.484 e. The number of halogens is 6. The van der Waals surface area contributed by atoms with Gasteiger partial charge in [0.25, 0.3) is 0 Å². The summed E-state index contributed by atoms with van der Waals surface area (Å²) in [5.74, 6) is -2.43. The van der Waals surface area contributed by atoms with E-state index in [1.54, 1.807) is 0 Å². The van der Waals surface area contributed by atoms with Crippen LogP contribution in [0, 0.1) is 16.7 Å². The number of carbonyl (C=O) groups is 2. The van der Waals surface area contributed by atoms with Gasteiger partial charge in [0.05, 0.1) is 33.8 Å². The third kappa shape index (κ3) is 5.79. The highest BCUT2D eigenvalue weighted by Gasteiger charge is 2.57. The summed E-state index contributed by atoms with van der Waals surface area (Å²) in [4.78, 5) is 25.9. The third-order valence-corrected chi connectivity index (χ3v) is 9.36. The number of likely N-dealkylation sites (tertiary alicyclic amines) is 1. The van der Waals surface area contributed by atoms with E-state index in [9.17, 15) is 54.7 Å². The molecule has 1 aromatic rings. The van der Waals surface area contributed by atoms with Crippen LogP contribution in [0.5, 0.6) is 5.75 Å². The average Bonchev–Trinajstić information content (AvgIpc) is 3.77. The summed E-state index contributed by atoms with van der Waals surface area (Å²) in [5.41, 5.74) is -4.16. The summed E-state index contributed by atoms with van der Waals surface area (Å²) >= 11 is 0. The predicted molar refractivity (Wildman–Crippen MR) is 119 cm³/mol. The number of hydrogen-bond acceptors (Lipinski definition) is 7. The zero-order valence-electron chi connectivity index (χ0n) is 20.1. The molecule has 9 nitrogen and oxygen atoms in total. The highest BCUT2D eigenvalue weighted by Crippen LogP contribution is 2.48. The van der Waals surface area contributed by atoms with Crippen molar-refractivity contribution in [3.63, 3.8) is 0 Å². The molecule has 2 unspecified atom stereocenters. The second kappa shape index (κ2) is 9.54. The SMILES string of the molecule is N#CC1(NC(=O)C2CC(S(=O)(=O)c3ccc(OCC(F)(F)F)cc3C(F)(F)F)CN2C(=O)C2(CO)CC2)CC1. The second-order valence-electron chi connectivity index (χ2n) is 10.1. The number of hydrogen-bond donors (Lipinski definition) is 2. The van der Waals surface area contributed by atoms with Crippen molar-refractivity contribution in [1.82, 2.24) is 10.2 Å². The maximum Gasteiger partial charge on any atom is 0.422 e. The molecule has 2 amide bonds. The van der Waals surface area contributed by atoms with Crippen molar-refractivity contribution in [2.24, 2.45) is 5.41 Å². The van der Waals surface area contributed by atoms with Gasteiger partial charge in [-0.3, -0.25) is 9.59 Å². The first kappa shape index (κ1) is 28.9. The van der Waals surface area contributed by atoms with Crippen LogP contribution in [0.1, 0.15) is 37.7 Å². The van der Waals surface area contributed by atoms with Crippen LogP contribution in [0.2, 0.25) is 0 Å². The number of aliphatic hydroxyl groups excluding tert-OH is 1. The van der Waals surface area contributed by atoms with Crippen LogP contribution in [0.15, 0.2) is 23.1 Å². The van der Waals surface area contributed by atoms with Gasteiger partial charge in [-0.2, -0.15) is 31.6 Å². The summed E-state index contributed by atoms with van der Waals surface area (Å²) in [7, 11) is -4.91. The third-order valence-electron chi connectivity index (χ3n) is 7.17. The number of rotatable bonds is 8. The Bertz CT molecular complexity index is 1310. The van der Waals surface area contributed by atoms with Gasteiger partial charge in [-0.15, -0.1) is 0 Å². The van der Waals surface area contributed by atoms with Gasteiger partial charge in [0.1, 0.15) is 17.3 Å². The van der Waals surface area contributed by atoms with Crippen molar-refractivity contribution < 1.29 is 54.2 Å². The van der Waals surface area contributed by atoms with Crippen molar-refractivity contribution in [2.45, 2.75) is 66.2 Å². The van der Waals surface area contributed by atoms with Crippen LogP contribution in [0.25, 0.3) is 0 Å². The number of sulfone groups is 1. The molecule has 214 valence electrons. The summed E-state index contributed by atoms with van der Waals surface area (Å²) in [6.07, 6.45) is -9.55. The van der Waals surface area contributed by atoms with Crippen LogP contribution in [0.4, 0.5) is 26.3 Å². The molecule has 3 fully saturated rings. The minimum absolute atomic E-state index is 0.148. The molecule has 1 aliphatic heterocycles. The molecule has 0 spiro atoms.